The minimum atomic E-state index is -0.944. The standard InChI is InChI=1S/C12H11BrN2O2/c1-7-10(6-15(2)14-7)8-3-4-11(13)9(5-8)12(16)17/h3-6H,1-2H3,(H,16,17). The lowest BCUT2D eigenvalue weighted by molar-refractivity contribution is 0.0696. The van der Waals surface area contributed by atoms with Crippen molar-refractivity contribution in [1.29, 1.82) is 0 Å². The fourth-order valence-electron chi connectivity index (χ4n) is 1.74. The van der Waals surface area contributed by atoms with Crippen molar-refractivity contribution in [3.05, 3.63) is 40.1 Å². The Bertz CT molecular complexity index is 590. The predicted octanol–water partition coefficient (Wildman–Crippen LogP) is 2.86. The van der Waals surface area contributed by atoms with Gasteiger partial charge in [0.2, 0.25) is 0 Å². The molecule has 1 N–H and O–H groups in total. The van der Waals surface area contributed by atoms with Gasteiger partial charge in [-0.15, -0.1) is 0 Å². The van der Waals surface area contributed by atoms with Crippen LogP contribution in [0, 0.1) is 6.92 Å². The molecule has 0 fully saturated rings. The fraction of sp³-hybridized carbons (Fsp3) is 0.167. The Hall–Kier alpha value is -1.62. The highest BCUT2D eigenvalue weighted by Crippen LogP contribution is 2.27. The van der Waals surface area contributed by atoms with Gasteiger partial charge in [0.25, 0.3) is 0 Å². The Morgan fingerprint density at radius 3 is 2.71 bits per heavy atom. The topological polar surface area (TPSA) is 55.1 Å². The van der Waals surface area contributed by atoms with Crippen LogP contribution in [0.3, 0.4) is 0 Å². The molecule has 1 aromatic carbocycles. The Labute approximate surface area is 107 Å². The lowest BCUT2D eigenvalue weighted by atomic mass is 10.0. The van der Waals surface area contributed by atoms with E-state index >= 15 is 0 Å². The molecule has 0 radical (unpaired) electrons. The number of hydrogen-bond acceptors (Lipinski definition) is 2. The van der Waals surface area contributed by atoms with E-state index < -0.39 is 5.97 Å². The van der Waals surface area contributed by atoms with Gasteiger partial charge in [0.15, 0.2) is 0 Å². The van der Waals surface area contributed by atoms with Gasteiger partial charge >= 0.3 is 5.97 Å². The number of carbonyl (C=O) groups is 1. The van der Waals surface area contributed by atoms with Gasteiger partial charge in [0.1, 0.15) is 0 Å². The van der Waals surface area contributed by atoms with Crippen LogP contribution in [0.25, 0.3) is 11.1 Å². The predicted molar refractivity (Wildman–Crippen MR) is 68.0 cm³/mol. The van der Waals surface area contributed by atoms with Crippen LogP contribution in [0.5, 0.6) is 0 Å². The zero-order valence-corrected chi connectivity index (χ0v) is 11.0. The number of carboxylic acids is 1. The summed E-state index contributed by atoms with van der Waals surface area (Å²) in [6.45, 7) is 1.90. The fourth-order valence-corrected chi connectivity index (χ4v) is 2.16. The minimum Gasteiger partial charge on any atom is -0.478 e. The first-order chi connectivity index (χ1) is 7.99. The van der Waals surface area contributed by atoms with Crippen molar-refractivity contribution in [1.82, 2.24) is 9.78 Å². The van der Waals surface area contributed by atoms with Gasteiger partial charge in [0.05, 0.1) is 11.3 Å². The van der Waals surface area contributed by atoms with E-state index in [0.29, 0.717) is 4.47 Å². The number of rotatable bonds is 2. The Balaban J connectivity index is 2.57. The average Bonchev–Trinajstić information content (AvgIpc) is 2.58. The van der Waals surface area contributed by atoms with Crippen LogP contribution in [-0.2, 0) is 7.05 Å². The van der Waals surface area contributed by atoms with Crippen molar-refractivity contribution in [3.8, 4) is 11.1 Å². The SMILES string of the molecule is Cc1nn(C)cc1-c1ccc(Br)c(C(=O)O)c1. The summed E-state index contributed by atoms with van der Waals surface area (Å²) in [4.78, 5) is 11.0. The van der Waals surface area contributed by atoms with Gasteiger partial charge in [-0.05, 0) is 40.5 Å². The minimum absolute atomic E-state index is 0.255. The first-order valence-corrected chi connectivity index (χ1v) is 5.82. The molecule has 0 aliphatic carbocycles. The Morgan fingerprint density at radius 2 is 2.18 bits per heavy atom. The lowest BCUT2D eigenvalue weighted by Crippen LogP contribution is -1.97. The Morgan fingerprint density at radius 1 is 1.47 bits per heavy atom. The monoisotopic (exact) mass is 294 g/mol. The van der Waals surface area contributed by atoms with Gasteiger partial charge in [-0.25, -0.2) is 4.79 Å². The summed E-state index contributed by atoms with van der Waals surface area (Å²) >= 11 is 3.23. The average molecular weight is 295 g/mol. The van der Waals surface area contributed by atoms with Crippen LogP contribution >= 0.6 is 15.9 Å². The normalized spacial score (nSPS) is 10.5. The molecule has 0 saturated heterocycles. The van der Waals surface area contributed by atoms with Crippen molar-refractivity contribution < 1.29 is 9.90 Å². The van der Waals surface area contributed by atoms with Crippen molar-refractivity contribution >= 4 is 21.9 Å². The maximum atomic E-state index is 11.0. The summed E-state index contributed by atoms with van der Waals surface area (Å²) in [6, 6.07) is 5.27. The highest BCUT2D eigenvalue weighted by atomic mass is 79.9. The molecule has 2 rings (SSSR count). The molecular formula is C12H11BrN2O2. The number of aromatic nitrogens is 2. The molecule has 2 aromatic rings. The summed E-state index contributed by atoms with van der Waals surface area (Å²) in [5.74, 6) is -0.944. The summed E-state index contributed by atoms with van der Waals surface area (Å²) < 4.78 is 2.29. The number of aromatic carboxylic acids is 1. The largest absolute Gasteiger partial charge is 0.478 e. The van der Waals surface area contributed by atoms with Crippen LogP contribution in [0.2, 0.25) is 0 Å². The molecule has 17 heavy (non-hydrogen) atoms. The maximum absolute atomic E-state index is 11.0. The molecule has 0 aliphatic rings. The van der Waals surface area contributed by atoms with Crippen LogP contribution in [0.4, 0.5) is 0 Å². The summed E-state index contributed by atoms with van der Waals surface area (Å²) in [7, 11) is 1.84. The molecule has 5 heteroatoms. The third kappa shape index (κ3) is 2.24. The highest BCUT2D eigenvalue weighted by molar-refractivity contribution is 9.10. The van der Waals surface area contributed by atoms with E-state index in [4.69, 9.17) is 5.11 Å². The lowest BCUT2D eigenvalue weighted by Gasteiger charge is -2.03. The second-order valence-electron chi connectivity index (χ2n) is 3.80. The van der Waals surface area contributed by atoms with E-state index in [-0.39, 0.29) is 5.56 Å². The van der Waals surface area contributed by atoms with Crippen molar-refractivity contribution in [2.75, 3.05) is 0 Å². The third-order valence-corrected chi connectivity index (χ3v) is 3.21. The molecule has 88 valence electrons. The zero-order chi connectivity index (χ0) is 12.6. The van der Waals surface area contributed by atoms with Crippen LogP contribution < -0.4 is 0 Å². The van der Waals surface area contributed by atoms with E-state index in [9.17, 15) is 4.79 Å². The van der Waals surface area contributed by atoms with E-state index in [1.54, 1.807) is 16.8 Å². The number of halogens is 1. The molecule has 1 aromatic heterocycles. The van der Waals surface area contributed by atoms with Crippen LogP contribution in [0.1, 0.15) is 16.1 Å². The van der Waals surface area contributed by atoms with Crippen molar-refractivity contribution in [2.24, 2.45) is 7.05 Å². The number of nitrogens with zero attached hydrogens (tertiary/aromatic N) is 2. The maximum Gasteiger partial charge on any atom is 0.336 e. The van der Waals surface area contributed by atoms with Crippen molar-refractivity contribution in [3.63, 3.8) is 0 Å². The first kappa shape index (κ1) is 11.9. The molecule has 4 nitrogen and oxygen atoms in total. The molecule has 0 atom stereocenters. The molecule has 1 heterocycles. The highest BCUT2D eigenvalue weighted by Gasteiger charge is 2.12. The van der Waals surface area contributed by atoms with Crippen molar-refractivity contribution in [2.45, 2.75) is 6.92 Å². The molecule has 0 amide bonds. The molecule has 0 spiro atoms. The molecule has 0 unspecified atom stereocenters. The van der Waals surface area contributed by atoms with E-state index in [1.807, 2.05) is 26.2 Å². The second kappa shape index (κ2) is 4.33. The molecule has 0 saturated carbocycles. The number of hydrogen-bond donors (Lipinski definition) is 1. The number of carboxylic acid groups (broad SMARTS) is 1. The summed E-state index contributed by atoms with van der Waals surface area (Å²) in [5, 5.41) is 13.3. The Kier molecular flexibility index (Phi) is 3.02. The molecule has 0 aliphatic heterocycles. The first-order valence-electron chi connectivity index (χ1n) is 5.02. The third-order valence-electron chi connectivity index (χ3n) is 2.52. The van der Waals surface area contributed by atoms with E-state index in [2.05, 4.69) is 21.0 Å². The van der Waals surface area contributed by atoms with E-state index in [1.165, 1.54) is 0 Å². The molecular weight excluding hydrogens is 284 g/mol. The van der Waals surface area contributed by atoms with Crippen LogP contribution in [-0.4, -0.2) is 20.9 Å². The van der Waals surface area contributed by atoms with Crippen LogP contribution in [0.15, 0.2) is 28.9 Å². The molecule has 0 bridgehead atoms. The van der Waals surface area contributed by atoms with Gasteiger partial charge in [-0.3, -0.25) is 4.68 Å². The summed E-state index contributed by atoms with van der Waals surface area (Å²) in [5.41, 5.74) is 2.94. The van der Waals surface area contributed by atoms with Gasteiger partial charge < -0.3 is 5.11 Å². The number of benzene rings is 1. The second-order valence-corrected chi connectivity index (χ2v) is 4.66. The summed E-state index contributed by atoms with van der Waals surface area (Å²) in [6.07, 6.45) is 1.88. The number of aryl methyl sites for hydroxylation is 2. The smallest absolute Gasteiger partial charge is 0.336 e. The van der Waals surface area contributed by atoms with Gasteiger partial charge in [0, 0.05) is 23.3 Å². The van der Waals surface area contributed by atoms with E-state index in [0.717, 1.165) is 16.8 Å². The zero-order valence-electron chi connectivity index (χ0n) is 9.44. The van der Waals surface area contributed by atoms with Gasteiger partial charge in [-0.2, -0.15) is 5.10 Å². The van der Waals surface area contributed by atoms with Gasteiger partial charge in [-0.1, -0.05) is 6.07 Å². The quantitative estimate of drug-likeness (QED) is 0.927.